The number of hydrogen-bond donors (Lipinski definition) is 4. The van der Waals surface area contributed by atoms with Gasteiger partial charge < -0.3 is 21.3 Å². The number of primary amides is 1. The van der Waals surface area contributed by atoms with Gasteiger partial charge in [0.2, 0.25) is 11.8 Å². The molecule has 7 heteroatoms. The summed E-state index contributed by atoms with van der Waals surface area (Å²) in [5, 5.41) is 21.6. The molecule has 2 atom stereocenters. The van der Waals surface area contributed by atoms with Crippen LogP contribution in [0.5, 0.6) is 0 Å². The van der Waals surface area contributed by atoms with Crippen molar-refractivity contribution in [3.63, 3.8) is 0 Å². The van der Waals surface area contributed by atoms with Gasteiger partial charge in [-0.05, 0) is 19.8 Å². The highest BCUT2D eigenvalue weighted by molar-refractivity contribution is 5.84. The van der Waals surface area contributed by atoms with Gasteiger partial charge in [-0.3, -0.25) is 9.59 Å². The lowest BCUT2D eigenvalue weighted by atomic mass is 9.93. The van der Waals surface area contributed by atoms with Crippen LogP contribution in [0.1, 0.15) is 71.6 Å². The minimum Gasteiger partial charge on any atom is -0.480 e. The fraction of sp³-hybridized carbons (Fsp3) is 0.812. The summed E-state index contributed by atoms with van der Waals surface area (Å²) in [7, 11) is 0. The fourth-order valence-corrected chi connectivity index (χ4v) is 2.33. The first-order chi connectivity index (χ1) is 10.7. The van der Waals surface area contributed by atoms with Gasteiger partial charge in [0, 0.05) is 6.42 Å². The molecule has 23 heavy (non-hydrogen) atoms. The lowest BCUT2D eigenvalue weighted by Crippen LogP contribution is -2.44. The minimum absolute atomic E-state index is 0.0600. The van der Waals surface area contributed by atoms with Crippen molar-refractivity contribution in [2.75, 3.05) is 0 Å². The molecule has 134 valence electrons. The molecule has 0 aliphatic rings. The Kier molecular flexibility index (Phi) is 10.2. The van der Waals surface area contributed by atoms with E-state index in [1.54, 1.807) is 6.92 Å². The van der Waals surface area contributed by atoms with E-state index < -0.39 is 29.4 Å². The molecular weight excluding hydrogens is 300 g/mol. The first kappa shape index (κ1) is 21.4. The van der Waals surface area contributed by atoms with E-state index in [0.717, 1.165) is 32.1 Å². The standard InChI is InChI=1S/C16H30N2O5/c1-3-4-5-6-7-10-16(2,23)11-14(20)18-12(15(21)22)8-9-13(17)19/h12,23H,3-11H2,1-2H3,(H2,17,19)(H,18,20)(H,21,22)/t12-,16?/m0/s1. The van der Waals surface area contributed by atoms with Crippen LogP contribution >= 0.6 is 0 Å². The molecule has 0 fully saturated rings. The van der Waals surface area contributed by atoms with E-state index in [0.29, 0.717) is 6.42 Å². The Morgan fingerprint density at radius 3 is 2.30 bits per heavy atom. The molecule has 0 saturated carbocycles. The largest absolute Gasteiger partial charge is 0.480 e. The van der Waals surface area contributed by atoms with E-state index in [9.17, 15) is 19.5 Å². The maximum Gasteiger partial charge on any atom is 0.326 e. The third kappa shape index (κ3) is 11.6. The van der Waals surface area contributed by atoms with Crippen LogP contribution in [0.4, 0.5) is 0 Å². The monoisotopic (exact) mass is 330 g/mol. The molecule has 0 aliphatic heterocycles. The zero-order valence-electron chi connectivity index (χ0n) is 14.1. The van der Waals surface area contributed by atoms with Crippen LogP contribution in [-0.2, 0) is 14.4 Å². The number of carboxylic acids is 1. The van der Waals surface area contributed by atoms with E-state index in [1.165, 1.54) is 0 Å². The summed E-state index contributed by atoms with van der Waals surface area (Å²) in [4.78, 5) is 33.7. The third-order valence-corrected chi connectivity index (χ3v) is 3.67. The first-order valence-corrected chi connectivity index (χ1v) is 8.21. The minimum atomic E-state index is -1.22. The first-order valence-electron chi connectivity index (χ1n) is 8.21. The summed E-state index contributed by atoms with van der Waals surface area (Å²) in [6, 6.07) is -1.17. The number of carboxylic acid groups (broad SMARTS) is 1. The predicted molar refractivity (Wildman–Crippen MR) is 86.6 cm³/mol. The van der Waals surface area contributed by atoms with E-state index in [2.05, 4.69) is 12.2 Å². The average molecular weight is 330 g/mol. The summed E-state index contributed by atoms with van der Waals surface area (Å²) in [5.41, 5.74) is 3.81. The number of aliphatic carboxylic acids is 1. The van der Waals surface area contributed by atoms with Crippen LogP contribution in [0.15, 0.2) is 0 Å². The number of nitrogens with one attached hydrogen (secondary N) is 1. The lowest BCUT2D eigenvalue weighted by Gasteiger charge is -2.24. The van der Waals surface area contributed by atoms with Crippen LogP contribution in [0.25, 0.3) is 0 Å². The topological polar surface area (TPSA) is 130 Å². The molecule has 2 amide bonds. The van der Waals surface area contributed by atoms with Crippen LogP contribution in [0, 0.1) is 0 Å². The second-order valence-corrected chi connectivity index (χ2v) is 6.30. The van der Waals surface area contributed by atoms with Crippen LogP contribution in [0.2, 0.25) is 0 Å². The van der Waals surface area contributed by atoms with E-state index in [4.69, 9.17) is 10.8 Å². The summed E-state index contributed by atoms with van der Waals surface area (Å²) in [6.07, 6.45) is 5.37. The fourth-order valence-electron chi connectivity index (χ4n) is 2.33. The van der Waals surface area contributed by atoms with Crippen molar-refractivity contribution < 1.29 is 24.6 Å². The van der Waals surface area contributed by atoms with Crippen molar-refractivity contribution >= 4 is 17.8 Å². The number of carbonyl (C=O) groups excluding carboxylic acids is 2. The number of unbranched alkanes of at least 4 members (excludes halogenated alkanes) is 4. The third-order valence-electron chi connectivity index (χ3n) is 3.67. The summed E-state index contributed by atoms with van der Waals surface area (Å²) >= 11 is 0. The van der Waals surface area contributed by atoms with Gasteiger partial charge in [0.15, 0.2) is 0 Å². The Labute approximate surface area is 137 Å². The second-order valence-electron chi connectivity index (χ2n) is 6.30. The SMILES string of the molecule is CCCCCCCC(C)(O)CC(=O)N[C@@H](CCC(N)=O)C(=O)O. The smallest absolute Gasteiger partial charge is 0.326 e. The van der Waals surface area contributed by atoms with Crippen molar-refractivity contribution in [1.82, 2.24) is 5.32 Å². The van der Waals surface area contributed by atoms with Crippen LogP contribution in [0.3, 0.4) is 0 Å². The molecule has 0 bridgehead atoms. The highest BCUT2D eigenvalue weighted by Crippen LogP contribution is 2.19. The highest BCUT2D eigenvalue weighted by Gasteiger charge is 2.27. The van der Waals surface area contributed by atoms with Gasteiger partial charge in [-0.25, -0.2) is 4.79 Å². The number of hydrogen-bond acceptors (Lipinski definition) is 4. The maximum absolute atomic E-state index is 11.9. The van der Waals surface area contributed by atoms with E-state index >= 15 is 0 Å². The molecular formula is C16H30N2O5. The zero-order valence-corrected chi connectivity index (χ0v) is 14.1. The van der Waals surface area contributed by atoms with Crippen molar-refractivity contribution in [2.24, 2.45) is 5.73 Å². The maximum atomic E-state index is 11.9. The van der Waals surface area contributed by atoms with Gasteiger partial charge in [0.25, 0.3) is 0 Å². The predicted octanol–water partition coefficient (Wildman–Crippen LogP) is 1.32. The Bertz CT molecular complexity index is 396. The summed E-state index contributed by atoms with van der Waals surface area (Å²) < 4.78 is 0. The van der Waals surface area contributed by atoms with E-state index in [1.807, 2.05) is 0 Å². The molecule has 7 nitrogen and oxygen atoms in total. The van der Waals surface area contributed by atoms with E-state index in [-0.39, 0.29) is 19.3 Å². The van der Waals surface area contributed by atoms with Crippen molar-refractivity contribution in [3.05, 3.63) is 0 Å². The molecule has 0 heterocycles. The highest BCUT2D eigenvalue weighted by atomic mass is 16.4. The molecule has 0 aliphatic carbocycles. The summed E-state index contributed by atoms with van der Waals surface area (Å²) in [5.74, 6) is -2.39. The van der Waals surface area contributed by atoms with Gasteiger partial charge in [-0.15, -0.1) is 0 Å². The Balaban J connectivity index is 4.25. The second kappa shape index (κ2) is 11.0. The molecule has 0 aromatic heterocycles. The Hall–Kier alpha value is -1.63. The normalized spacial score (nSPS) is 14.7. The summed E-state index contributed by atoms with van der Waals surface area (Å²) in [6.45, 7) is 3.70. The number of nitrogens with two attached hydrogens (primary N) is 1. The number of carbonyl (C=O) groups is 3. The van der Waals surface area contributed by atoms with Crippen LogP contribution in [-0.4, -0.2) is 39.6 Å². The molecule has 0 rings (SSSR count). The average Bonchev–Trinajstić information content (AvgIpc) is 2.42. The van der Waals surface area contributed by atoms with Gasteiger partial charge in [0.1, 0.15) is 6.04 Å². The molecule has 0 aromatic rings. The lowest BCUT2D eigenvalue weighted by molar-refractivity contribution is -0.143. The molecule has 5 N–H and O–H groups in total. The number of aliphatic hydroxyl groups is 1. The van der Waals surface area contributed by atoms with Crippen molar-refractivity contribution in [3.8, 4) is 0 Å². The van der Waals surface area contributed by atoms with Gasteiger partial charge in [-0.2, -0.15) is 0 Å². The van der Waals surface area contributed by atoms with Crippen LogP contribution < -0.4 is 11.1 Å². The van der Waals surface area contributed by atoms with Gasteiger partial charge >= 0.3 is 5.97 Å². The molecule has 0 radical (unpaired) electrons. The number of rotatable bonds is 13. The van der Waals surface area contributed by atoms with Crippen molar-refractivity contribution in [2.45, 2.75) is 83.3 Å². The van der Waals surface area contributed by atoms with Crippen molar-refractivity contribution in [1.29, 1.82) is 0 Å². The Morgan fingerprint density at radius 1 is 1.17 bits per heavy atom. The molecule has 1 unspecified atom stereocenters. The quantitative estimate of drug-likeness (QED) is 0.378. The number of amides is 2. The van der Waals surface area contributed by atoms with Gasteiger partial charge in [-0.1, -0.05) is 39.0 Å². The molecule has 0 spiro atoms. The zero-order chi connectivity index (χ0) is 17.9. The Morgan fingerprint density at radius 2 is 1.78 bits per heavy atom. The molecule has 0 aromatic carbocycles. The molecule has 0 saturated heterocycles. The van der Waals surface area contributed by atoms with Gasteiger partial charge in [0.05, 0.1) is 12.0 Å².